The quantitative estimate of drug-likeness (QED) is 0.120. The summed E-state index contributed by atoms with van der Waals surface area (Å²) >= 11 is 0. The second-order valence-electron chi connectivity index (χ2n) is 10.0. The molecule has 7 N–H and O–H groups in total. The zero-order valence-electron chi connectivity index (χ0n) is 23.5. The summed E-state index contributed by atoms with van der Waals surface area (Å²) in [5.74, 6) is -5.75. The lowest BCUT2D eigenvalue weighted by Gasteiger charge is -2.19. The summed E-state index contributed by atoms with van der Waals surface area (Å²) in [6.45, 7) is 3.60. The van der Waals surface area contributed by atoms with Crippen molar-refractivity contribution < 1.29 is 57.7 Å². The van der Waals surface area contributed by atoms with Gasteiger partial charge in [-0.05, 0) is 51.3 Å². The molecular weight excluding hydrogens is 579 g/mol. The number of benzene rings is 1. The molecule has 0 heterocycles. The third-order valence-electron chi connectivity index (χ3n) is 5.11. The summed E-state index contributed by atoms with van der Waals surface area (Å²) in [6.07, 6.45) is -2.06. The van der Waals surface area contributed by atoms with Gasteiger partial charge in [-0.1, -0.05) is 12.1 Å². The van der Waals surface area contributed by atoms with Gasteiger partial charge >= 0.3 is 25.6 Å². The number of aliphatic carboxylic acids is 2. The molecule has 1 rings (SSSR count). The Morgan fingerprint density at radius 2 is 1.43 bits per heavy atom. The van der Waals surface area contributed by atoms with Gasteiger partial charge in [-0.3, -0.25) is 28.5 Å². The number of carbonyl (C=O) groups is 6. The van der Waals surface area contributed by atoms with Gasteiger partial charge in [0.15, 0.2) is 0 Å². The fraction of sp³-hybridized carbons (Fsp3) is 0.520. The summed E-state index contributed by atoms with van der Waals surface area (Å²) in [7, 11) is -4.28. The maximum absolute atomic E-state index is 12.2. The highest BCUT2D eigenvalue weighted by Gasteiger charge is 2.30. The number of rotatable bonds is 17. The Labute approximate surface area is 242 Å². The molecule has 1 unspecified atom stereocenters. The number of amides is 4. The summed E-state index contributed by atoms with van der Waals surface area (Å²) in [5.41, 5.74) is 0.352. The number of alkyl carbamates (subject to hydrolysis) is 1. The van der Waals surface area contributed by atoms with Crippen LogP contribution in [0.25, 0.3) is 0 Å². The van der Waals surface area contributed by atoms with Crippen LogP contribution in [0.5, 0.6) is 0 Å². The molecule has 0 saturated carbocycles. The minimum Gasteiger partial charge on any atom is -0.481 e. The van der Waals surface area contributed by atoms with E-state index in [-0.39, 0.29) is 26.0 Å². The van der Waals surface area contributed by atoms with Crippen LogP contribution in [0.4, 0.5) is 10.5 Å². The Balaban J connectivity index is 2.36. The van der Waals surface area contributed by atoms with Crippen LogP contribution in [0.3, 0.4) is 0 Å². The molecule has 1 aromatic rings. The zero-order valence-corrected chi connectivity index (χ0v) is 24.4. The monoisotopic (exact) mass is 616 g/mol. The van der Waals surface area contributed by atoms with Crippen LogP contribution in [-0.2, 0) is 44.2 Å². The molecule has 1 aromatic carbocycles. The third-order valence-corrected chi connectivity index (χ3v) is 6.60. The van der Waals surface area contributed by atoms with E-state index in [0.717, 1.165) is 0 Å². The molecule has 42 heavy (non-hydrogen) atoms. The molecule has 0 saturated heterocycles. The number of hydrogen-bond acceptors (Lipinski definition) is 9. The lowest BCUT2D eigenvalue weighted by molar-refractivity contribution is -0.142. The van der Waals surface area contributed by atoms with Gasteiger partial charge in [0.1, 0.15) is 12.1 Å². The number of carbonyl (C=O) groups excluding carboxylic acids is 4. The first-order valence-electron chi connectivity index (χ1n) is 12.8. The van der Waals surface area contributed by atoms with E-state index in [4.69, 9.17) is 19.5 Å². The Bertz CT molecular complexity index is 1170. The fourth-order valence-electron chi connectivity index (χ4n) is 3.14. The van der Waals surface area contributed by atoms with Gasteiger partial charge in [-0.15, -0.1) is 0 Å². The molecule has 0 aliphatic heterocycles. The summed E-state index contributed by atoms with van der Waals surface area (Å²) in [4.78, 5) is 79.1. The second-order valence-corrected chi connectivity index (χ2v) is 11.9. The SMILES string of the molecule is CC(C)(C)OC(=O)NCC(=O)NCC(=O)NCC(=O)Nc1ccc(CCOP(=O)(O)C[C@@H](CCC(=O)O)C(=O)O)cc1. The largest absolute Gasteiger partial charge is 0.481 e. The Morgan fingerprint density at radius 1 is 0.881 bits per heavy atom. The van der Waals surface area contributed by atoms with Crippen LogP contribution in [0, 0.1) is 5.92 Å². The maximum Gasteiger partial charge on any atom is 0.408 e. The molecule has 16 nitrogen and oxygen atoms in total. The number of carboxylic acids is 2. The predicted octanol–water partition coefficient (Wildman–Crippen LogP) is 0.692. The Kier molecular flexibility index (Phi) is 14.6. The number of hydrogen-bond donors (Lipinski definition) is 7. The van der Waals surface area contributed by atoms with Crippen LogP contribution in [0.1, 0.15) is 39.2 Å². The van der Waals surface area contributed by atoms with E-state index in [1.165, 1.54) is 0 Å². The lowest BCUT2D eigenvalue weighted by Crippen LogP contribution is -2.44. The molecule has 17 heteroatoms. The van der Waals surface area contributed by atoms with Crippen molar-refractivity contribution in [2.45, 2.75) is 45.6 Å². The summed E-state index contributed by atoms with van der Waals surface area (Å²) < 4.78 is 22.2. The van der Waals surface area contributed by atoms with E-state index in [0.29, 0.717) is 11.3 Å². The zero-order chi connectivity index (χ0) is 31.9. The van der Waals surface area contributed by atoms with Crippen LogP contribution < -0.4 is 21.3 Å². The van der Waals surface area contributed by atoms with E-state index >= 15 is 0 Å². The number of nitrogens with one attached hydrogen (secondary N) is 4. The molecular formula is C25H37N4O12P. The molecule has 2 atom stereocenters. The first-order valence-corrected chi connectivity index (χ1v) is 14.5. The molecule has 0 aromatic heterocycles. The van der Waals surface area contributed by atoms with Crippen LogP contribution in [0.15, 0.2) is 24.3 Å². The van der Waals surface area contributed by atoms with E-state index in [1.807, 2.05) is 0 Å². The van der Waals surface area contributed by atoms with Crippen molar-refractivity contribution in [3.8, 4) is 0 Å². The van der Waals surface area contributed by atoms with E-state index < -0.39 is 80.5 Å². The molecule has 0 aliphatic rings. The summed E-state index contributed by atoms with van der Waals surface area (Å²) in [6, 6.07) is 6.34. The highest BCUT2D eigenvalue weighted by Crippen LogP contribution is 2.44. The average Bonchev–Trinajstić information content (AvgIpc) is 2.87. The highest BCUT2D eigenvalue weighted by atomic mass is 31.2. The van der Waals surface area contributed by atoms with Crippen molar-refractivity contribution in [3.63, 3.8) is 0 Å². The van der Waals surface area contributed by atoms with Gasteiger partial charge in [0.25, 0.3) is 0 Å². The van der Waals surface area contributed by atoms with Crippen molar-refractivity contribution >= 4 is 49.0 Å². The van der Waals surface area contributed by atoms with Gasteiger partial charge in [0.05, 0.1) is 31.8 Å². The average molecular weight is 617 g/mol. The van der Waals surface area contributed by atoms with Crippen molar-refractivity contribution in [1.29, 1.82) is 0 Å². The maximum atomic E-state index is 12.2. The topological polar surface area (TPSA) is 247 Å². The molecule has 4 amide bonds. The van der Waals surface area contributed by atoms with Crippen molar-refractivity contribution in [3.05, 3.63) is 29.8 Å². The lowest BCUT2D eigenvalue weighted by atomic mass is 10.1. The summed E-state index contributed by atoms with van der Waals surface area (Å²) in [5, 5.41) is 27.3. The minimum absolute atomic E-state index is 0.195. The predicted molar refractivity (Wildman–Crippen MR) is 148 cm³/mol. The minimum atomic E-state index is -4.28. The van der Waals surface area contributed by atoms with Gasteiger partial charge in [-0.2, -0.15) is 0 Å². The van der Waals surface area contributed by atoms with Crippen LogP contribution in [-0.4, -0.2) is 88.9 Å². The molecule has 0 bridgehead atoms. The standard InChI is InChI=1S/C25H37N4O12P/c1-25(2,3)41-24(37)28-13-20(31)26-12-19(30)27-14-21(32)29-18-7-4-16(5-8-18)10-11-40-42(38,39)15-17(23(35)36)6-9-22(33)34/h4-5,7-8,17H,6,9-15H2,1-3H3,(H,26,31)(H,27,30)(H,28,37)(H,29,32)(H,33,34)(H,35,36)(H,38,39)/t17-/m1/s1. The molecule has 0 radical (unpaired) electrons. The second kappa shape index (κ2) is 17.1. The van der Waals surface area contributed by atoms with Crippen LogP contribution >= 0.6 is 7.60 Å². The van der Waals surface area contributed by atoms with Crippen LogP contribution in [0.2, 0.25) is 0 Å². The highest BCUT2D eigenvalue weighted by molar-refractivity contribution is 7.52. The molecule has 0 fully saturated rings. The number of carboxylic acid groups (broad SMARTS) is 2. The number of ether oxygens (including phenoxy) is 1. The van der Waals surface area contributed by atoms with Crippen molar-refractivity contribution in [2.75, 3.05) is 37.7 Å². The van der Waals surface area contributed by atoms with E-state index in [2.05, 4.69) is 21.3 Å². The fourth-order valence-corrected chi connectivity index (χ4v) is 4.51. The van der Waals surface area contributed by atoms with Crippen molar-refractivity contribution in [1.82, 2.24) is 16.0 Å². The Hall–Kier alpha value is -4.01. The third kappa shape index (κ3) is 16.9. The molecule has 234 valence electrons. The van der Waals surface area contributed by atoms with Gasteiger partial charge in [-0.25, -0.2) is 4.79 Å². The van der Waals surface area contributed by atoms with E-state index in [9.17, 15) is 38.2 Å². The normalized spacial score (nSPS) is 13.1. The smallest absolute Gasteiger partial charge is 0.408 e. The Morgan fingerprint density at radius 3 is 1.95 bits per heavy atom. The van der Waals surface area contributed by atoms with Gasteiger partial charge in [0, 0.05) is 12.1 Å². The first-order chi connectivity index (χ1) is 19.5. The number of anilines is 1. The molecule has 0 spiro atoms. The van der Waals surface area contributed by atoms with Crippen molar-refractivity contribution in [2.24, 2.45) is 5.92 Å². The van der Waals surface area contributed by atoms with E-state index in [1.54, 1.807) is 45.0 Å². The molecule has 0 aliphatic carbocycles. The van der Waals surface area contributed by atoms with Gasteiger partial charge in [0.2, 0.25) is 17.7 Å². The van der Waals surface area contributed by atoms with Gasteiger partial charge < -0.3 is 45.6 Å². The first kappa shape index (κ1) is 36.0.